The number of hydrogen-bond donors (Lipinski definition) is 1. The molecule has 0 bridgehead atoms. The molecule has 1 unspecified atom stereocenters. The van der Waals surface area contributed by atoms with Crippen molar-refractivity contribution in [2.24, 2.45) is 0 Å². The van der Waals surface area contributed by atoms with Gasteiger partial charge in [0.2, 0.25) is 5.91 Å². The van der Waals surface area contributed by atoms with Crippen molar-refractivity contribution in [3.05, 3.63) is 19.6 Å². The molecule has 2 nitrogen and oxygen atoms in total. The van der Waals surface area contributed by atoms with Gasteiger partial charge in [-0.15, -0.1) is 0 Å². The van der Waals surface area contributed by atoms with Crippen molar-refractivity contribution >= 4 is 5.91 Å². The first-order chi connectivity index (χ1) is 10.2. The van der Waals surface area contributed by atoms with E-state index in [1.54, 1.807) is 0 Å². The van der Waals surface area contributed by atoms with Gasteiger partial charge in [-0.25, -0.2) is 0 Å². The van der Waals surface area contributed by atoms with Crippen LogP contribution in [0.3, 0.4) is 0 Å². The Labute approximate surface area is 132 Å². The standard InChI is InChI=1S/C19H36NO/c1-4-6-7-8-9-10-11-12-13-14-15-16-17-18(3)20-19(21)5-2/h5,18H,2-4,6-17H2,1H3,(H,20,21). The Morgan fingerprint density at radius 2 is 1.33 bits per heavy atom. The Balaban J connectivity index is 3.15. The third kappa shape index (κ3) is 15.4. The number of carbonyl (C=O) groups excluding carboxylic acids is 1. The first-order valence-electron chi connectivity index (χ1n) is 8.96. The van der Waals surface area contributed by atoms with Crippen molar-refractivity contribution < 1.29 is 4.79 Å². The molecule has 0 aromatic carbocycles. The molecule has 0 heterocycles. The number of nitrogens with one attached hydrogen (secondary N) is 1. The molecule has 1 atom stereocenters. The lowest BCUT2D eigenvalue weighted by Crippen LogP contribution is -2.31. The number of amides is 1. The van der Waals surface area contributed by atoms with E-state index in [2.05, 4.69) is 25.7 Å². The average molecular weight is 295 g/mol. The molecule has 0 aliphatic heterocycles. The van der Waals surface area contributed by atoms with E-state index in [0.29, 0.717) is 0 Å². The molecule has 0 aromatic heterocycles. The zero-order valence-electron chi connectivity index (χ0n) is 14.2. The van der Waals surface area contributed by atoms with Gasteiger partial charge >= 0.3 is 0 Å². The van der Waals surface area contributed by atoms with Gasteiger partial charge in [0.15, 0.2) is 0 Å². The monoisotopic (exact) mass is 294 g/mol. The topological polar surface area (TPSA) is 29.1 Å². The van der Waals surface area contributed by atoms with Gasteiger partial charge in [-0.1, -0.05) is 90.6 Å². The summed E-state index contributed by atoms with van der Waals surface area (Å²) in [7, 11) is 0. The van der Waals surface area contributed by atoms with Gasteiger partial charge in [-0.05, 0) is 19.4 Å². The summed E-state index contributed by atoms with van der Waals surface area (Å²) in [6.07, 6.45) is 18.6. The number of unbranched alkanes of at least 4 members (excludes halogenated alkanes) is 11. The predicted molar refractivity (Wildman–Crippen MR) is 93.2 cm³/mol. The molecule has 0 fully saturated rings. The lowest BCUT2D eigenvalue weighted by molar-refractivity contribution is -0.116. The molecule has 0 rings (SSSR count). The molecule has 21 heavy (non-hydrogen) atoms. The number of carbonyl (C=O) groups is 1. The predicted octanol–water partition coefficient (Wildman–Crippen LogP) is 5.58. The molecule has 0 aliphatic carbocycles. The number of rotatable bonds is 15. The van der Waals surface area contributed by atoms with Gasteiger partial charge in [-0.2, -0.15) is 0 Å². The highest BCUT2D eigenvalue weighted by molar-refractivity contribution is 5.87. The molecular formula is C19H36NO. The van der Waals surface area contributed by atoms with E-state index < -0.39 is 0 Å². The van der Waals surface area contributed by atoms with Crippen molar-refractivity contribution in [3.8, 4) is 0 Å². The van der Waals surface area contributed by atoms with Crippen molar-refractivity contribution in [2.75, 3.05) is 0 Å². The molecule has 0 aromatic rings. The third-order valence-electron chi connectivity index (χ3n) is 3.94. The van der Waals surface area contributed by atoms with Gasteiger partial charge in [0.25, 0.3) is 0 Å². The molecule has 2 heteroatoms. The van der Waals surface area contributed by atoms with E-state index in [1.807, 2.05) is 0 Å². The van der Waals surface area contributed by atoms with Crippen LogP contribution < -0.4 is 5.32 Å². The molecule has 0 saturated carbocycles. The second-order valence-electron chi connectivity index (χ2n) is 6.09. The van der Waals surface area contributed by atoms with Crippen LogP contribution in [-0.2, 0) is 4.79 Å². The summed E-state index contributed by atoms with van der Waals surface area (Å²) in [6, 6.07) is 0.0265. The Morgan fingerprint density at radius 3 is 1.76 bits per heavy atom. The van der Waals surface area contributed by atoms with Gasteiger partial charge in [0.1, 0.15) is 0 Å². The van der Waals surface area contributed by atoms with Crippen LogP contribution in [0.15, 0.2) is 12.7 Å². The summed E-state index contributed by atoms with van der Waals surface area (Å²) in [5.41, 5.74) is 0. The normalized spacial score (nSPS) is 12.1. The van der Waals surface area contributed by atoms with E-state index in [0.717, 1.165) is 12.8 Å². The van der Waals surface area contributed by atoms with Gasteiger partial charge in [-0.3, -0.25) is 4.79 Å². The second kappa shape index (κ2) is 15.6. The minimum atomic E-state index is -0.117. The van der Waals surface area contributed by atoms with Crippen LogP contribution >= 0.6 is 0 Å². The minimum Gasteiger partial charge on any atom is -0.350 e. The van der Waals surface area contributed by atoms with Crippen LogP contribution in [0.4, 0.5) is 0 Å². The van der Waals surface area contributed by atoms with Gasteiger partial charge in [0.05, 0.1) is 0 Å². The maximum absolute atomic E-state index is 11.1. The van der Waals surface area contributed by atoms with Crippen LogP contribution in [0.25, 0.3) is 0 Å². The maximum Gasteiger partial charge on any atom is 0.243 e. The molecular weight excluding hydrogens is 258 g/mol. The largest absolute Gasteiger partial charge is 0.350 e. The van der Waals surface area contributed by atoms with Gasteiger partial charge in [0, 0.05) is 6.04 Å². The quantitative estimate of drug-likeness (QED) is 0.310. The summed E-state index contributed by atoms with van der Waals surface area (Å²) in [5.74, 6) is -0.117. The van der Waals surface area contributed by atoms with E-state index in [4.69, 9.17) is 0 Å². The fraction of sp³-hybridized carbons (Fsp3) is 0.789. The van der Waals surface area contributed by atoms with Crippen LogP contribution in [-0.4, -0.2) is 11.9 Å². The summed E-state index contributed by atoms with van der Waals surface area (Å²) < 4.78 is 0. The smallest absolute Gasteiger partial charge is 0.243 e. The summed E-state index contributed by atoms with van der Waals surface area (Å²) >= 11 is 0. The molecule has 1 radical (unpaired) electrons. The average Bonchev–Trinajstić information content (AvgIpc) is 2.48. The first kappa shape index (κ1) is 20.2. The van der Waals surface area contributed by atoms with Crippen LogP contribution in [0.5, 0.6) is 0 Å². The minimum absolute atomic E-state index is 0.0265. The Morgan fingerprint density at radius 1 is 0.905 bits per heavy atom. The summed E-state index contributed by atoms with van der Waals surface area (Å²) in [4.78, 5) is 11.1. The highest BCUT2D eigenvalue weighted by Crippen LogP contribution is 2.12. The number of hydrogen-bond acceptors (Lipinski definition) is 1. The van der Waals surface area contributed by atoms with E-state index in [-0.39, 0.29) is 11.9 Å². The van der Waals surface area contributed by atoms with Gasteiger partial charge < -0.3 is 5.32 Å². The summed E-state index contributed by atoms with van der Waals surface area (Å²) in [6.45, 7) is 9.64. The molecule has 0 aliphatic rings. The molecule has 0 saturated heterocycles. The first-order valence-corrected chi connectivity index (χ1v) is 8.96. The third-order valence-corrected chi connectivity index (χ3v) is 3.94. The molecule has 1 N–H and O–H groups in total. The Hall–Kier alpha value is -0.790. The lowest BCUT2D eigenvalue weighted by atomic mass is 10.0. The molecule has 1 amide bonds. The van der Waals surface area contributed by atoms with Crippen molar-refractivity contribution in [3.63, 3.8) is 0 Å². The van der Waals surface area contributed by atoms with E-state index in [9.17, 15) is 4.79 Å². The van der Waals surface area contributed by atoms with Crippen molar-refractivity contribution in [1.82, 2.24) is 5.32 Å². The zero-order chi connectivity index (χ0) is 15.8. The van der Waals surface area contributed by atoms with Crippen molar-refractivity contribution in [2.45, 2.75) is 96.4 Å². The second-order valence-corrected chi connectivity index (χ2v) is 6.09. The maximum atomic E-state index is 11.1. The zero-order valence-corrected chi connectivity index (χ0v) is 14.2. The lowest BCUT2D eigenvalue weighted by Gasteiger charge is -2.11. The van der Waals surface area contributed by atoms with Crippen LogP contribution in [0, 0.1) is 6.92 Å². The fourth-order valence-corrected chi connectivity index (χ4v) is 2.56. The van der Waals surface area contributed by atoms with E-state index >= 15 is 0 Å². The Bertz CT molecular complexity index is 250. The molecule has 123 valence electrons. The fourth-order valence-electron chi connectivity index (χ4n) is 2.56. The van der Waals surface area contributed by atoms with Crippen LogP contribution in [0.2, 0.25) is 0 Å². The highest BCUT2D eigenvalue weighted by Gasteiger charge is 2.03. The molecule has 0 spiro atoms. The summed E-state index contributed by atoms with van der Waals surface area (Å²) in [5, 5.41) is 2.80. The Kier molecular flexibility index (Phi) is 15.0. The van der Waals surface area contributed by atoms with Crippen LogP contribution in [0.1, 0.15) is 90.4 Å². The SMILES string of the molecule is [CH2]C(CCCCCCCCCCCCCC)NC(=O)C=C. The highest BCUT2D eigenvalue weighted by atomic mass is 16.1. The van der Waals surface area contributed by atoms with E-state index in [1.165, 1.54) is 76.7 Å². The van der Waals surface area contributed by atoms with Crippen molar-refractivity contribution in [1.29, 1.82) is 0 Å².